The van der Waals surface area contributed by atoms with E-state index < -0.39 is 6.23 Å². The number of nitrogens with zero attached hydrogens (tertiary/aromatic N) is 1. The molecular formula is C27H38N4O3. The van der Waals surface area contributed by atoms with E-state index in [4.69, 9.17) is 10.5 Å². The van der Waals surface area contributed by atoms with Gasteiger partial charge in [-0.2, -0.15) is 0 Å². The minimum Gasteiger partial charge on any atom is -0.483 e. The minimum absolute atomic E-state index is 0.00590. The zero-order chi connectivity index (χ0) is 24.3. The number of nitrogens with one attached hydrogen (secondary N) is 2. The van der Waals surface area contributed by atoms with Gasteiger partial charge in [0, 0.05) is 36.9 Å². The van der Waals surface area contributed by atoms with Crippen molar-refractivity contribution in [2.75, 3.05) is 32.0 Å². The molecule has 2 aromatic rings. The Labute approximate surface area is 202 Å². The van der Waals surface area contributed by atoms with E-state index in [1.807, 2.05) is 45.0 Å². The van der Waals surface area contributed by atoms with Crippen LogP contribution in [0.5, 0.6) is 5.75 Å². The van der Waals surface area contributed by atoms with Crippen molar-refractivity contribution in [2.45, 2.75) is 64.3 Å². The third-order valence-electron chi connectivity index (χ3n) is 7.37. The maximum absolute atomic E-state index is 12.5. The molecule has 4 rings (SSSR count). The van der Waals surface area contributed by atoms with Crippen molar-refractivity contribution in [1.29, 1.82) is 0 Å². The first-order chi connectivity index (χ1) is 16.3. The van der Waals surface area contributed by atoms with Gasteiger partial charge in [0.25, 0.3) is 5.91 Å². The van der Waals surface area contributed by atoms with Gasteiger partial charge in [-0.3, -0.25) is 15.0 Å². The summed E-state index contributed by atoms with van der Waals surface area (Å²) in [7, 11) is 0. The molecule has 1 unspecified atom stereocenters. The van der Waals surface area contributed by atoms with Crippen LogP contribution >= 0.6 is 0 Å². The van der Waals surface area contributed by atoms with Gasteiger partial charge in [-0.25, -0.2) is 0 Å². The first kappa shape index (κ1) is 24.5. The molecule has 2 aromatic carbocycles. The van der Waals surface area contributed by atoms with Gasteiger partial charge in [-0.05, 0) is 74.8 Å². The molecule has 1 aliphatic carbocycles. The number of aliphatic hydroxyl groups excluding tert-OH is 1. The molecule has 184 valence electrons. The summed E-state index contributed by atoms with van der Waals surface area (Å²) >= 11 is 0. The number of amides is 1. The van der Waals surface area contributed by atoms with Crippen molar-refractivity contribution in [2.24, 2.45) is 0 Å². The third-order valence-corrected chi connectivity index (χ3v) is 7.37. The van der Waals surface area contributed by atoms with E-state index >= 15 is 0 Å². The average molecular weight is 467 g/mol. The van der Waals surface area contributed by atoms with Gasteiger partial charge in [0.05, 0.1) is 0 Å². The van der Waals surface area contributed by atoms with Gasteiger partial charge in [-0.1, -0.05) is 30.3 Å². The van der Waals surface area contributed by atoms with E-state index in [0.717, 1.165) is 61.2 Å². The van der Waals surface area contributed by atoms with Crippen molar-refractivity contribution in [3.05, 3.63) is 58.7 Å². The number of rotatable bonds is 9. The van der Waals surface area contributed by atoms with Gasteiger partial charge in [0.1, 0.15) is 12.0 Å². The molecule has 2 aliphatic rings. The number of benzene rings is 2. The lowest BCUT2D eigenvalue weighted by atomic mass is 10.0. The number of carbonyl (C=O) groups excluding carboxylic acids is 1. The topological polar surface area (TPSA) is 99.8 Å². The molecule has 0 spiro atoms. The van der Waals surface area contributed by atoms with Crippen LogP contribution in [0.4, 0.5) is 5.69 Å². The van der Waals surface area contributed by atoms with Crippen LogP contribution in [0.2, 0.25) is 0 Å². The summed E-state index contributed by atoms with van der Waals surface area (Å²) in [6, 6.07) is 12.4. The zero-order valence-electron chi connectivity index (χ0n) is 20.6. The van der Waals surface area contributed by atoms with Crippen molar-refractivity contribution in [1.82, 2.24) is 15.5 Å². The quantitative estimate of drug-likeness (QED) is 0.335. The summed E-state index contributed by atoms with van der Waals surface area (Å²) in [5.74, 6) is 0.602. The highest BCUT2D eigenvalue weighted by atomic mass is 16.5. The van der Waals surface area contributed by atoms with Gasteiger partial charge in [0.2, 0.25) is 0 Å². The fourth-order valence-corrected chi connectivity index (χ4v) is 4.90. The van der Waals surface area contributed by atoms with Crippen molar-refractivity contribution in [3.63, 3.8) is 0 Å². The van der Waals surface area contributed by atoms with Gasteiger partial charge in [-0.15, -0.1) is 0 Å². The third kappa shape index (κ3) is 5.71. The lowest BCUT2D eigenvalue weighted by Gasteiger charge is -2.34. The summed E-state index contributed by atoms with van der Waals surface area (Å²) in [5.41, 5.74) is 10.9. The van der Waals surface area contributed by atoms with E-state index in [9.17, 15) is 9.90 Å². The molecule has 5 N–H and O–H groups in total. The molecule has 0 aromatic heterocycles. The monoisotopic (exact) mass is 466 g/mol. The van der Waals surface area contributed by atoms with E-state index in [-0.39, 0.29) is 24.1 Å². The number of aliphatic hydroxyl groups is 1. The van der Waals surface area contributed by atoms with E-state index in [2.05, 4.69) is 27.7 Å². The molecule has 1 aliphatic heterocycles. The summed E-state index contributed by atoms with van der Waals surface area (Å²) in [4.78, 5) is 14.7. The Morgan fingerprint density at radius 1 is 1.18 bits per heavy atom. The van der Waals surface area contributed by atoms with Gasteiger partial charge in [0.15, 0.2) is 6.61 Å². The van der Waals surface area contributed by atoms with E-state index in [1.54, 1.807) is 0 Å². The number of anilines is 1. The SMILES string of the molecule is Cc1cc(OCC(=O)NC2CCN(CC(O)NC3(c4ccccc4)CC3)CC2)c(C)c(C)c1N. The second kappa shape index (κ2) is 10.3. The number of hydrogen-bond acceptors (Lipinski definition) is 6. The Hall–Kier alpha value is -2.61. The second-order valence-corrected chi connectivity index (χ2v) is 9.89. The maximum Gasteiger partial charge on any atom is 0.258 e. The van der Waals surface area contributed by atoms with Crippen molar-refractivity contribution in [3.8, 4) is 5.75 Å². The zero-order valence-corrected chi connectivity index (χ0v) is 20.6. The fourth-order valence-electron chi connectivity index (χ4n) is 4.90. The molecule has 1 saturated heterocycles. The molecule has 1 heterocycles. The standard InChI is InChI=1S/C27H38N4O3/c1-18-15-23(19(2)20(3)26(18)28)34-17-25(33)29-22-9-13-31(14-10-22)16-24(32)30-27(11-12-27)21-7-5-4-6-8-21/h4-8,15,22,24,30,32H,9-14,16-17,28H2,1-3H3,(H,29,33). The highest BCUT2D eigenvalue weighted by Crippen LogP contribution is 2.45. The molecule has 1 saturated carbocycles. The molecule has 0 bridgehead atoms. The van der Waals surface area contributed by atoms with Crippen LogP contribution in [0.15, 0.2) is 36.4 Å². The van der Waals surface area contributed by atoms with Crippen LogP contribution in [0, 0.1) is 20.8 Å². The lowest BCUT2D eigenvalue weighted by Crippen LogP contribution is -2.50. The number of aryl methyl sites for hydroxylation is 1. The molecule has 34 heavy (non-hydrogen) atoms. The van der Waals surface area contributed by atoms with Crippen LogP contribution in [0.3, 0.4) is 0 Å². The highest BCUT2D eigenvalue weighted by Gasteiger charge is 2.45. The molecule has 0 radical (unpaired) electrons. The van der Waals surface area contributed by atoms with Crippen molar-refractivity contribution >= 4 is 11.6 Å². The van der Waals surface area contributed by atoms with Crippen molar-refractivity contribution < 1.29 is 14.6 Å². The summed E-state index contributed by atoms with van der Waals surface area (Å²) < 4.78 is 5.80. The molecule has 1 amide bonds. The molecular weight excluding hydrogens is 428 g/mol. The Bertz CT molecular complexity index is 999. The summed E-state index contributed by atoms with van der Waals surface area (Å²) in [6.07, 6.45) is 3.26. The number of nitrogen functional groups attached to an aromatic ring is 1. The number of nitrogens with two attached hydrogens (primary N) is 1. The number of likely N-dealkylation sites (tertiary alicyclic amines) is 1. The van der Waals surface area contributed by atoms with E-state index in [0.29, 0.717) is 12.3 Å². The Kier molecular flexibility index (Phi) is 7.45. The first-order valence-electron chi connectivity index (χ1n) is 12.3. The normalized spacial score (nSPS) is 18.9. The Morgan fingerprint density at radius 3 is 2.50 bits per heavy atom. The van der Waals surface area contributed by atoms with Crippen LogP contribution in [-0.2, 0) is 10.3 Å². The van der Waals surface area contributed by atoms with Crippen LogP contribution < -0.4 is 21.1 Å². The first-order valence-corrected chi connectivity index (χ1v) is 12.3. The summed E-state index contributed by atoms with van der Waals surface area (Å²) in [6.45, 7) is 8.15. The number of ether oxygens (including phenoxy) is 1. The predicted molar refractivity (Wildman–Crippen MR) is 135 cm³/mol. The molecule has 1 atom stereocenters. The number of carbonyl (C=O) groups is 1. The van der Waals surface area contributed by atoms with Crippen LogP contribution in [-0.4, -0.2) is 54.4 Å². The van der Waals surface area contributed by atoms with Crippen LogP contribution in [0.1, 0.15) is 47.9 Å². The molecule has 7 nitrogen and oxygen atoms in total. The fraction of sp³-hybridized carbons (Fsp3) is 0.519. The maximum atomic E-state index is 12.5. The molecule has 7 heteroatoms. The smallest absolute Gasteiger partial charge is 0.258 e. The minimum atomic E-state index is -0.572. The molecule has 2 fully saturated rings. The highest BCUT2D eigenvalue weighted by molar-refractivity contribution is 5.78. The van der Waals surface area contributed by atoms with Gasteiger partial charge < -0.3 is 20.9 Å². The van der Waals surface area contributed by atoms with Crippen LogP contribution in [0.25, 0.3) is 0 Å². The lowest BCUT2D eigenvalue weighted by molar-refractivity contribution is -0.124. The largest absolute Gasteiger partial charge is 0.483 e. The number of β-amino-alcohol motifs (C(OH)–C–C–N with tert-alkyl or cyclic N) is 1. The second-order valence-electron chi connectivity index (χ2n) is 9.89. The predicted octanol–water partition coefficient (Wildman–Crippen LogP) is 2.75. The Morgan fingerprint density at radius 2 is 1.85 bits per heavy atom. The van der Waals surface area contributed by atoms with Gasteiger partial charge >= 0.3 is 0 Å². The number of piperidine rings is 1. The average Bonchev–Trinajstić information content (AvgIpc) is 3.61. The number of hydrogen-bond donors (Lipinski definition) is 4. The summed E-state index contributed by atoms with van der Waals surface area (Å²) in [5, 5.41) is 17.2. The Balaban J connectivity index is 1.18. The van der Waals surface area contributed by atoms with E-state index in [1.165, 1.54) is 5.56 Å².